The van der Waals surface area contributed by atoms with Crippen LogP contribution in [-0.2, 0) is 17.8 Å². The molecule has 0 aliphatic rings. The SMILES string of the molecule is C=CCn1c(SCC(=O)Nc2ccccc2CC)nnc1[C@H](C)NC(=O)c1ccc(Cl)cc1. The van der Waals surface area contributed by atoms with Gasteiger partial charge in [0.1, 0.15) is 0 Å². The molecule has 0 radical (unpaired) electrons. The molecule has 0 aliphatic heterocycles. The number of nitrogens with one attached hydrogen (secondary N) is 2. The zero-order valence-electron chi connectivity index (χ0n) is 18.5. The van der Waals surface area contributed by atoms with E-state index < -0.39 is 6.04 Å². The lowest BCUT2D eigenvalue weighted by atomic mass is 10.1. The van der Waals surface area contributed by atoms with Gasteiger partial charge in [0.2, 0.25) is 5.91 Å². The van der Waals surface area contributed by atoms with Crippen molar-refractivity contribution in [2.45, 2.75) is 38.0 Å². The van der Waals surface area contributed by atoms with Crippen molar-refractivity contribution in [2.75, 3.05) is 11.1 Å². The number of aryl methyl sites for hydroxylation is 1. The van der Waals surface area contributed by atoms with Crippen LogP contribution in [0.25, 0.3) is 0 Å². The number of halogens is 1. The van der Waals surface area contributed by atoms with Crippen LogP contribution in [0.4, 0.5) is 5.69 Å². The number of nitrogens with zero attached hydrogens (tertiary/aromatic N) is 3. The Hall–Kier alpha value is -3.10. The number of allylic oxidation sites excluding steroid dienone is 1. The Balaban J connectivity index is 1.67. The van der Waals surface area contributed by atoms with Crippen LogP contribution >= 0.6 is 23.4 Å². The van der Waals surface area contributed by atoms with Crippen molar-refractivity contribution in [3.63, 3.8) is 0 Å². The van der Waals surface area contributed by atoms with E-state index in [1.54, 1.807) is 30.3 Å². The Morgan fingerprint density at radius 1 is 1.18 bits per heavy atom. The van der Waals surface area contributed by atoms with Gasteiger partial charge in [-0.25, -0.2) is 0 Å². The van der Waals surface area contributed by atoms with Crippen molar-refractivity contribution < 1.29 is 9.59 Å². The lowest BCUT2D eigenvalue weighted by Gasteiger charge is -2.15. The molecular formula is C24H26ClN5O2S. The molecule has 3 aromatic rings. The van der Waals surface area contributed by atoms with Gasteiger partial charge in [-0.3, -0.25) is 9.59 Å². The first-order valence-electron chi connectivity index (χ1n) is 10.5. The summed E-state index contributed by atoms with van der Waals surface area (Å²) in [5, 5.41) is 15.5. The van der Waals surface area contributed by atoms with E-state index in [1.807, 2.05) is 42.7 Å². The van der Waals surface area contributed by atoms with Crippen LogP contribution in [0.1, 0.15) is 41.6 Å². The van der Waals surface area contributed by atoms with E-state index in [0.717, 1.165) is 17.7 Å². The van der Waals surface area contributed by atoms with Crippen LogP contribution in [0, 0.1) is 0 Å². The Bertz CT molecular complexity index is 1130. The predicted octanol–water partition coefficient (Wildman–Crippen LogP) is 4.90. The summed E-state index contributed by atoms with van der Waals surface area (Å²) in [5.74, 6) is 0.394. The molecule has 3 rings (SSSR count). The van der Waals surface area contributed by atoms with Gasteiger partial charge in [-0.1, -0.05) is 54.6 Å². The van der Waals surface area contributed by atoms with E-state index in [9.17, 15) is 9.59 Å². The standard InChI is InChI=1S/C24H26ClN5O2S/c1-4-14-30-22(16(3)26-23(32)18-10-12-19(25)13-11-18)28-29-24(30)33-15-21(31)27-20-9-7-6-8-17(20)5-2/h4,6-13,16H,1,5,14-15H2,2-3H3,(H,26,32)(H,27,31)/t16-/m0/s1. The average molecular weight is 484 g/mol. The number of rotatable bonds is 10. The highest BCUT2D eigenvalue weighted by Gasteiger charge is 2.20. The largest absolute Gasteiger partial charge is 0.342 e. The number of anilines is 1. The lowest BCUT2D eigenvalue weighted by Crippen LogP contribution is -2.28. The number of benzene rings is 2. The number of thioether (sulfide) groups is 1. The number of carbonyl (C=O) groups excluding carboxylic acids is 2. The van der Waals surface area contributed by atoms with Crippen LogP contribution < -0.4 is 10.6 Å². The smallest absolute Gasteiger partial charge is 0.251 e. The van der Waals surface area contributed by atoms with Gasteiger partial charge in [0.05, 0.1) is 11.8 Å². The molecule has 0 saturated heterocycles. The van der Waals surface area contributed by atoms with E-state index in [4.69, 9.17) is 11.6 Å². The van der Waals surface area contributed by atoms with Gasteiger partial charge in [0.25, 0.3) is 5.91 Å². The molecule has 1 atom stereocenters. The van der Waals surface area contributed by atoms with Crippen molar-refractivity contribution in [1.82, 2.24) is 20.1 Å². The summed E-state index contributed by atoms with van der Waals surface area (Å²) in [6.07, 6.45) is 2.56. The first kappa shape index (κ1) is 24.5. The third-order valence-corrected chi connectivity index (χ3v) is 6.12. The molecule has 0 saturated carbocycles. The maximum atomic E-state index is 12.6. The normalized spacial score (nSPS) is 11.6. The van der Waals surface area contributed by atoms with Crippen molar-refractivity contribution in [2.24, 2.45) is 0 Å². The molecule has 2 amide bonds. The first-order valence-corrected chi connectivity index (χ1v) is 11.9. The molecule has 2 N–H and O–H groups in total. The second-order valence-electron chi connectivity index (χ2n) is 7.29. The third-order valence-electron chi connectivity index (χ3n) is 4.90. The fourth-order valence-electron chi connectivity index (χ4n) is 3.24. The van der Waals surface area contributed by atoms with Gasteiger partial charge in [-0.15, -0.1) is 16.8 Å². The summed E-state index contributed by atoms with van der Waals surface area (Å²) in [7, 11) is 0. The Morgan fingerprint density at radius 3 is 2.61 bits per heavy atom. The number of hydrogen-bond acceptors (Lipinski definition) is 5. The molecule has 9 heteroatoms. The maximum absolute atomic E-state index is 12.6. The number of hydrogen-bond donors (Lipinski definition) is 2. The van der Waals surface area contributed by atoms with Crippen LogP contribution in [0.5, 0.6) is 0 Å². The number of para-hydroxylation sites is 1. The minimum Gasteiger partial charge on any atom is -0.342 e. The number of carbonyl (C=O) groups is 2. The summed E-state index contributed by atoms with van der Waals surface area (Å²) in [4.78, 5) is 25.1. The summed E-state index contributed by atoms with van der Waals surface area (Å²) < 4.78 is 1.84. The van der Waals surface area contributed by atoms with Gasteiger partial charge < -0.3 is 15.2 Å². The summed E-state index contributed by atoms with van der Waals surface area (Å²) in [6.45, 7) is 8.13. The van der Waals surface area contributed by atoms with Crippen LogP contribution in [0.2, 0.25) is 5.02 Å². The van der Waals surface area contributed by atoms with Crippen LogP contribution in [0.15, 0.2) is 66.3 Å². The highest BCUT2D eigenvalue weighted by molar-refractivity contribution is 7.99. The Morgan fingerprint density at radius 2 is 1.91 bits per heavy atom. The van der Waals surface area contributed by atoms with Gasteiger partial charge in [0, 0.05) is 22.8 Å². The zero-order valence-corrected chi connectivity index (χ0v) is 20.1. The molecule has 1 aromatic heterocycles. The van der Waals surface area contributed by atoms with Gasteiger partial charge in [-0.2, -0.15) is 0 Å². The summed E-state index contributed by atoms with van der Waals surface area (Å²) in [5.41, 5.74) is 2.40. The van der Waals surface area contributed by atoms with Crippen molar-refractivity contribution in [3.8, 4) is 0 Å². The quantitative estimate of drug-likeness (QED) is 0.316. The molecule has 0 fully saturated rings. The second kappa shape index (κ2) is 11.7. The van der Waals surface area contributed by atoms with Crippen LogP contribution in [-0.4, -0.2) is 32.3 Å². The zero-order chi connectivity index (χ0) is 23.8. The Kier molecular flexibility index (Phi) is 8.68. The average Bonchev–Trinajstić information content (AvgIpc) is 3.21. The van der Waals surface area contributed by atoms with Gasteiger partial charge in [0.15, 0.2) is 11.0 Å². The molecule has 33 heavy (non-hydrogen) atoms. The minimum atomic E-state index is -0.403. The fraction of sp³-hybridized carbons (Fsp3) is 0.250. The predicted molar refractivity (Wildman–Crippen MR) is 133 cm³/mol. The first-order chi connectivity index (χ1) is 15.9. The molecule has 1 heterocycles. The van der Waals surface area contributed by atoms with E-state index in [0.29, 0.717) is 28.1 Å². The van der Waals surface area contributed by atoms with Gasteiger partial charge >= 0.3 is 0 Å². The van der Waals surface area contributed by atoms with Crippen molar-refractivity contribution in [1.29, 1.82) is 0 Å². The fourth-order valence-corrected chi connectivity index (χ4v) is 4.12. The van der Waals surface area contributed by atoms with Crippen LogP contribution in [0.3, 0.4) is 0 Å². The van der Waals surface area contributed by atoms with E-state index in [2.05, 4.69) is 27.4 Å². The molecule has 2 aromatic carbocycles. The molecule has 172 valence electrons. The summed E-state index contributed by atoms with van der Waals surface area (Å²) >= 11 is 7.18. The van der Waals surface area contributed by atoms with Crippen molar-refractivity contribution in [3.05, 3.63) is 83.2 Å². The molecule has 0 aliphatic carbocycles. The van der Waals surface area contributed by atoms with Gasteiger partial charge in [-0.05, 0) is 49.2 Å². The third kappa shape index (κ3) is 6.46. The summed E-state index contributed by atoms with van der Waals surface area (Å²) in [6, 6.07) is 14.0. The highest BCUT2D eigenvalue weighted by Crippen LogP contribution is 2.22. The highest BCUT2D eigenvalue weighted by atomic mass is 35.5. The monoisotopic (exact) mass is 483 g/mol. The Labute approximate surface area is 202 Å². The molecule has 7 nitrogen and oxygen atoms in total. The number of aromatic nitrogens is 3. The van der Waals surface area contributed by atoms with E-state index in [-0.39, 0.29) is 17.6 Å². The molecule has 0 unspecified atom stereocenters. The molecular weight excluding hydrogens is 458 g/mol. The second-order valence-corrected chi connectivity index (χ2v) is 8.67. The number of amides is 2. The molecule has 0 spiro atoms. The van der Waals surface area contributed by atoms with E-state index in [1.165, 1.54) is 11.8 Å². The molecule has 0 bridgehead atoms. The lowest BCUT2D eigenvalue weighted by molar-refractivity contribution is -0.113. The topological polar surface area (TPSA) is 88.9 Å². The van der Waals surface area contributed by atoms with E-state index >= 15 is 0 Å². The maximum Gasteiger partial charge on any atom is 0.251 e. The minimum absolute atomic E-state index is 0.125. The van der Waals surface area contributed by atoms with Crippen molar-refractivity contribution >= 4 is 40.9 Å².